The fourth-order valence-corrected chi connectivity index (χ4v) is 2.33. The highest BCUT2D eigenvalue weighted by Gasteiger charge is 2.45. The van der Waals surface area contributed by atoms with E-state index < -0.39 is 11.8 Å². The maximum atomic E-state index is 14.3. The summed E-state index contributed by atoms with van der Waals surface area (Å²) in [5.74, 6) is 0.505. The van der Waals surface area contributed by atoms with Crippen LogP contribution in [-0.2, 0) is 5.67 Å². The molecule has 0 amide bonds. The molecule has 0 aromatic carbocycles. The van der Waals surface area contributed by atoms with Gasteiger partial charge in [-0.25, -0.2) is 9.37 Å². The van der Waals surface area contributed by atoms with Crippen molar-refractivity contribution in [1.82, 2.24) is 4.98 Å². The molecule has 1 aromatic rings. The zero-order chi connectivity index (χ0) is 11.9. The van der Waals surface area contributed by atoms with Crippen molar-refractivity contribution >= 4 is 0 Å². The van der Waals surface area contributed by atoms with Gasteiger partial charge in [-0.3, -0.25) is 0 Å². The molecule has 0 spiro atoms. The van der Waals surface area contributed by atoms with Gasteiger partial charge < -0.3 is 9.84 Å². The van der Waals surface area contributed by atoms with Gasteiger partial charge in [-0.15, -0.1) is 0 Å². The number of aliphatic hydroxyl groups excluding tert-OH is 1. The molecule has 3 rings (SSSR count). The van der Waals surface area contributed by atoms with Crippen molar-refractivity contribution in [3.63, 3.8) is 0 Å². The van der Waals surface area contributed by atoms with E-state index in [-0.39, 0.29) is 18.9 Å². The van der Waals surface area contributed by atoms with Crippen molar-refractivity contribution < 1.29 is 14.2 Å². The molecule has 0 saturated heterocycles. The molecule has 2 aliphatic carbocycles. The minimum absolute atomic E-state index is 0.180. The van der Waals surface area contributed by atoms with Crippen molar-refractivity contribution in [3.05, 3.63) is 23.9 Å². The lowest BCUT2D eigenvalue weighted by Crippen LogP contribution is -2.40. The zero-order valence-corrected chi connectivity index (χ0v) is 9.60. The Hall–Kier alpha value is -1.16. The van der Waals surface area contributed by atoms with Gasteiger partial charge >= 0.3 is 0 Å². The predicted molar refractivity (Wildman–Crippen MR) is 60.5 cm³/mol. The first-order valence-electron chi connectivity index (χ1n) is 6.16. The number of rotatable bonds is 3. The van der Waals surface area contributed by atoms with E-state index in [1.165, 1.54) is 6.42 Å². The SMILES string of the molecule is O[C@H]1C[C@@](F)(c2ccnc(OC3CCC3)c2)C1. The van der Waals surface area contributed by atoms with Gasteiger partial charge in [-0.1, -0.05) is 0 Å². The lowest BCUT2D eigenvalue weighted by Gasteiger charge is -2.38. The largest absolute Gasteiger partial charge is 0.474 e. The highest BCUT2D eigenvalue weighted by Crippen LogP contribution is 2.45. The first-order valence-corrected chi connectivity index (χ1v) is 6.16. The van der Waals surface area contributed by atoms with Crippen LogP contribution in [0, 0.1) is 0 Å². The molecule has 2 aliphatic rings. The van der Waals surface area contributed by atoms with Crippen LogP contribution >= 0.6 is 0 Å². The predicted octanol–water partition coefficient (Wildman–Crippen LogP) is 2.33. The van der Waals surface area contributed by atoms with Crippen LogP contribution in [0.2, 0.25) is 0 Å². The van der Waals surface area contributed by atoms with Crippen LogP contribution in [0.4, 0.5) is 4.39 Å². The van der Waals surface area contributed by atoms with Crippen LogP contribution in [0.1, 0.15) is 37.7 Å². The van der Waals surface area contributed by atoms with Crippen molar-refractivity contribution in [2.45, 2.75) is 50.0 Å². The minimum atomic E-state index is -1.39. The van der Waals surface area contributed by atoms with Crippen molar-refractivity contribution in [3.8, 4) is 5.88 Å². The molecular weight excluding hydrogens is 221 g/mol. The van der Waals surface area contributed by atoms with Crippen molar-refractivity contribution in [2.24, 2.45) is 0 Å². The van der Waals surface area contributed by atoms with Crippen LogP contribution in [-0.4, -0.2) is 22.3 Å². The molecule has 0 atom stereocenters. The number of pyridine rings is 1. The van der Waals surface area contributed by atoms with Gasteiger partial charge in [0.25, 0.3) is 0 Å². The Balaban J connectivity index is 1.74. The smallest absolute Gasteiger partial charge is 0.213 e. The summed E-state index contributed by atoms with van der Waals surface area (Å²) in [5.41, 5.74) is -0.813. The molecule has 0 radical (unpaired) electrons. The average molecular weight is 237 g/mol. The Kier molecular flexibility index (Phi) is 2.54. The van der Waals surface area contributed by atoms with Gasteiger partial charge in [-0.05, 0) is 30.9 Å². The maximum Gasteiger partial charge on any atom is 0.213 e. The van der Waals surface area contributed by atoms with Gasteiger partial charge in [0, 0.05) is 25.1 Å². The third-order valence-electron chi connectivity index (χ3n) is 3.71. The van der Waals surface area contributed by atoms with Gasteiger partial charge in [0.1, 0.15) is 11.8 Å². The van der Waals surface area contributed by atoms with Crippen LogP contribution in [0.15, 0.2) is 18.3 Å². The molecule has 0 aliphatic heterocycles. The minimum Gasteiger partial charge on any atom is -0.474 e. The second-order valence-electron chi connectivity index (χ2n) is 5.08. The van der Waals surface area contributed by atoms with Gasteiger partial charge in [0.2, 0.25) is 5.88 Å². The fraction of sp³-hybridized carbons (Fsp3) is 0.615. The summed E-state index contributed by atoms with van der Waals surface area (Å²) >= 11 is 0. The molecule has 0 bridgehead atoms. The van der Waals surface area contributed by atoms with E-state index >= 15 is 0 Å². The van der Waals surface area contributed by atoms with Gasteiger partial charge in [-0.2, -0.15) is 0 Å². The second-order valence-corrected chi connectivity index (χ2v) is 5.08. The molecule has 1 N–H and O–H groups in total. The van der Waals surface area contributed by atoms with E-state index in [0.717, 1.165) is 12.8 Å². The van der Waals surface area contributed by atoms with E-state index in [1.807, 2.05) is 0 Å². The number of hydrogen-bond acceptors (Lipinski definition) is 3. The van der Waals surface area contributed by atoms with E-state index in [1.54, 1.807) is 18.3 Å². The standard InChI is InChI=1S/C13H16FNO2/c14-13(7-10(16)8-13)9-4-5-15-12(6-9)17-11-2-1-3-11/h4-6,10-11,16H,1-3,7-8H2/t10-,13-. The molecule has 1 aromatic heterocycles. The summed E-state index contributed by atoms with van der Waals surface area (Å²) in [6.07, 6.45) is 5.00. The average Bonchev–Trinajstić information content (AvgIpc) is 2.22. The van der Waals surface area contributed by atoms with E-state index in [9.17, 15) is 9.50 Å². The number of hydrogen-bond donors (Lipinski definition) is 1. The van der Waals surface area contributed by atoms with E-state index in [4.69, 9.17) is 4.74 Å². The lowest BCUT2D eigenvalue weighted by molar-refractivity contribution is -0.0609. The Morgan fingerprint density at radius 1 is 1.41 bits per heavy atom. The number of aromatic nitrogens is 1. The molecular formula is C13H16FNO2. The molecule has 0 unspecified atom stereocenters. The summed E-state index contributed by atoms with van der Waals surface area (Å²) in [7, 11) is 0. The lowest BCUT2D eigenvalue weighted by atomic mass is 9.75. The zero-order valence-electron chi connectivity index (χ0n) is 9.60. The van der Waals surface area contributed by atoms with E-state index in [2.05, 4.69) is 4.98 Å². The molecule has 17 heavy (non-hydrogen) atoms. The number of nitrogens with zero attached hydrogens (tertiary/aromatic N) is 1. The Morgan fingerprint density at radius 3 is 2.76 bits per heavy atom. The molecule has 3 nitrogen and oxygen atoms in total. The monoisotopic (exact) mass is 237 g/mol. The van der Waals surface area contributed by atoms with Crippen LogP contribution < -0.4 is 4.74 Å². The Bertz CT molecular complexity index is 414. The summed E-state index contributed by atoms with van der Waals surface area (Å²) < 4.78 is 19.9. The number of halogens is 1. The van der Waals surface area contributed by atoms with Gasteiger partial charge in [0.15, 0.2) is 0 Å². The third-order valence-corrected chi connectivity index (χ3v) is 3.71. The highest BCUT2D eigenvalue weighted by molar-refractivity contribution is 5.29. The van der Waals surface area contributed by atoms with Crippen molar-refractivity contribution in [2.75, 3.05) is 0 Å². The maximum absolute atomic E-state index is 14.3. The fourth-order valence-electron chi connectivity index (χ4n) is 2.33. The summed E-state index contributed by atoms with van der Waals surface area (Å²) in [6.45, 7) is 0. The summed E-state index contributed by atoms with van der Waals surface area (Å²) in [5, 5.41) is 9.22. The quantitative estimate of drug-likeness (QED) is 0.877. The molecule has 1 heterocycles. The first kappa shape index (κ1) is 11.0. The molecule has 2 saturated carbocycles. The summed E-state index contributed by atoms with van der Waals surface area (Å²) in [4.78, 5) is 4.10. The molecule has 92 valence electrons. The highest BCUT2D eigenvalue weighted by atomic mass is 19.1. The summed E-state index contributed by atoms with van der Waals surface area (Å²) in [6, 6.07) is 3.34. The number of aliphatic hydroxyl groups is 1. The second kappa shape index (κ2) is 3.95. The normalized spacial score (nSPS) is 32.7. The number of ether oxygens (including phenoxy) is 1. The van der Waals surface area contributed by atoms with Crippen molar-refractivity contribution in [1.29, 1.82) is 0 Å². The Morgan fingerprint density at radius 2 is 2.18 bits per heavy atom. The van der Waals surface area contributed by atoms with Crippen LogP contribution in [0.25, 0.3) is 0 Å². The first-order chi connectivity index (χ1) is 8.16. The van der Waals surface area contributed by atoms with Gasteiger partial charge in [0.05, 0.1) is 6.10 Å². The van der Waals surface area contributed by atoms with Crippen LogP contribution in [0.3, 0.4) is 0 Å². The Labute approximate surface area is 99.6 Å². The number of alkyl halides is 1. The molecule has 4 heteroatoms. The van der Waals surface area contributed by atoms with Crippen LogP contribution in [0.5, 0.6) is 5.88 Å². The molecule has 2 fully saturated rings. The third kappa shape index (κ3) is 2.02. The topological polar surface area (TPSA) is 42.4 Å². The van der Waals surface area contributed by atoms with E-state index in [0.29, 0.717) is 11.4 Å².